The fourth-order valence-corrected chi connectivity index (χ4v) is 67.6. The van der Waals surface area contributed by atoms with Crippen LogP contribution in [-0.2, 0) is 10.3 Å². The van der Waals surface area contributed by atoms with E-state index in [4.69, 9.17) is 0 Å². The van der Waals surface area contributed by atoms with Crippen LogP contribution in [0.4, 0.5) is 0 Å². The van der Waals surface area contributed by atoms with E-state index in [1.807, 2.05) is 0 Å². The minimum atomic E-state index is 0.0603. The van der Waals surface area contributed by atoms with Gasteiger partial charge >= 0.3 is 0 Å². The maximum absolute atomic E-state index is 2.85. The van der Waals surface area contributed by atoms with E-state index in [1.54, 1.807) is 22.3 Å². The second-order valence-electron chi connectivity index (χ2n) is 18.5. The van der Waals surface area contributed by atoms with Gasteiger partial charge in [-0.1, -0.05) is 149 Å². The van der Waals surface area contributed by atoms with Gasteiger partial charge in [0, 0.05) is 0 Å². The van der Waals surface area contributed by atoms with Crippen molar-refractivity contribution < 1.29 is 0 Å². The lowest BCUT2D eigenvalue weighted by Crippen LogP contribution is -2.38. The summed E-state index contributed by atoms with van der Waals surface area (Å²) in [4.78, 5) is 0. The molecule has 2 heterocycles. The Kier molecular flexibility index (Phi) is 6.86. The maximum atomic E-state index is 2.85. The van der Waals surface area contributed by atoms with Crippen LogP contribution in [0.15, 0.2) is 46.6 Å². The van der Waals surface area contributed by atoms with Crippen LogP contribution in [-0.4, -0.2) is 0 Å². The quantitative estimate of drug-likeness (QED) is 0.326. The molecule has 2 unspecified atom stereocenters. The van der Waals surface area contributed by atoms with E-state index in [9.17, 15) is 0 Å². The van der Waals surface area contributed by atoms with Gasteiger partial charge in [0.15, 0.2) is 0 Å². The molecule has 0 bridgehead atoms. The predicted octanol–water partition coefficient (Wildman–Crippen LogP) is 14.2. The molecule has 0 spiro atoms. The zero-order valence-electron chi connectivity index (χ0n) is 28.1. The van der Waals surface area contributed by atoms with E-state index in [0.29, 0.717) is 0 Å². The van der Waals surface area contributed by atoms with E-state index < -0.39 is 0 Å². The second-order valence-corrected chi connectivity index (χ2v) is 41.7. The molecule has 2 atom stereocenters. The van der Waals surface area contributed by atoms with Crippen molar-refractivity contribution >= 4 is 26.5 Å². The number of hydrogen-bond donors (Lipinski definition) is 0. The molecule has 2 aliphatic carbocycles. The maximum Gasteiger partial charge on any atom is 0.0624 e. The highest BCUT2D eigenvalue weighted by molar-refractivity contribution is 9.08. The first-order valence-corrected chi connectivity index (χ1v) is 23.7. The van der Waals surface area contributed by atoms with Crippen LogP contribution in [0.25, 0.3) is 0 Å². The lowest BCUT2D eigenvalue weighted by Gasteiger charge is -2.48. The van der Waals surface area contributed by atoms with E-state index in [0.717, 1.165) is 0 Å². The molecule has 0 nitrogen and oxygen atoms in total. The Hall–Kier alpha value is 0.160. The molecule has 2 aromatic heterocycles. The number of fused-ring (bicyclic) bond motifs is 1. The summed E-state index contributed by atoms with van der Waals surface area (Å²) >= 11 is 0. The third-order valence-corrected chi connectivity index (χ3v) is 49.5. The van der Waals surface area contributed by atoms with Crippen molar-refractivity contribution in [2.75, 3.05) is 0 Å². The summed E-state index contributed by atoms with van der Waals surface area (Å²) in [7, 11) is 0. The van der Waals surface area contributed by atoms with E-state index >= 15 is 0 Å². The Morgan fingerprint density at radius 1 is 0.421 bits per heavy atom. The summed E-state index contributed by atoms with van der Waals surface area (Å²) in [5, 5.41) is 0.554. The van der Waals surface area contributed by atoms with Crippen molar-refractivity contribution in [2.45, 2.75) is 135 Å². The molecule has 0 N–H and O–H groups in total. The number of rotatable bonds is 2. The Balaban J connectivity index is 1.99. The summed E-state index contributed by atoms with van der Waals surface area (Å²) in [6.45, 7) is 45.0. The van der Waals surface area contributed by atoms with Crippen LogP contribution in [0.2, 0.25) is 0 Å². The summed E-state index contributed by atoms with van der Waals surface area (Å²) in [6.07, 6.45) is 11.4. The fourth-order valence-electron chi connectivity index (χ4n) is 6.76. The van der Waals surface area contributed by atoms with Gasteiger partial charge in [-0.2, -0.15) is 0 Å². The first-order chi connectivity index (χ1) is 16.6. The topological polar surface area (TPSA) is 0 Å². The van der Waals surface area contributed by atoms with Gasteiger partial charge in [-0.05, 0) is 81.3 Å². The zero-order valence-corrected chi connectivity index (χ0v) is 31.7. The largest absolute Gasteiger partial charge is 0.0624 e. The summed E-state index contributed by atoms with van der Waals surface area (Å²) in [6, 6.07) is 0. The summed E-state index contributed by atoms with van der Waals surface area (Å²) in [5.74, 6) is 0. The van der Waals surface area contributed by atoms with Gasteiger partial charge in [0.1, 0.15) is 0 Å². The summed E-state index contributed by atoms with van der Waals surface area (Å²) < 4.78 is 0. The van der Waals surface area contributed by atoms with Crippen molar-refractivity contribution in [1.29, 1.82) is 0 Å². The van der Waals surface area contributed by atoms with Crippen LogP contribution < -0.4 is 0 Å². The lowest BCUT2D eigenvalue weighted by molar-refractivity contribution is 0.288. The summed E-state index contributed by atoms with van der Waals surface area (Å²) in [5.41, 5.74) is 8.03. The van der Waals surface area contributed by atoms with Gasteiger partial charge < -0.3 is 0 Å². The molecule has 4 rings (SSSR count). The van der Waals surface area contributed by atoms with E-state index in [2.05, 4.69) is 149 Å². The number of hydrogen-bond acceptors (Lipinski definition) is 0. The van der Waals surface area contributed by atoms with Gasteiger partial charge in [-0.25, -0.2) is 0 Å². The third-order valence-electron chi connectivity index (χ3n) is 9.19. The molecule has 0 saturated carbocycles. The Labute approximate surface area is 239 Å². The standard InChI is InChI=1S/C34H58P4/c1-27(2,3)23-19-25(29(7,8)9)33(21-23,31(13,14)15)35-37-36(38(35)37)34(32(16,17)18)22-24(28(4,5)6)20-26(34)30(10,11)12/h19-22H,1-18H3. The average Bonchev–Trinajstić information content (AvgIpc) is 3.40. The van der Waals surface area contributed by atoms with Crippen LogP contribution >= 0.6 is 26.5 Å². The van der Waals surface area contributed by atoms with Gasteiger partial charge in [0.05, 0.1) is 10.3 Å². The normalized spacial score (nSPS) is 28.4. The molecule has 0 aliphatic heterocycles. The Morgan fingerprint density at radius 2 is 0.684 bits per heavy atom. The molecule has 2 aliphatic rings. The molecule has 0 amide bonds. The molecule has 2 aromatic rings. The smallest absolute Gasteiger partial charge is 0.0614 e. The Bertz CT molecular complexity index is 1220. The van der Waals surface area contributed by atoms with Crippen molar-refractivity contribution in [3.05, 3.63) is 46.6 Å². The molecular formula is C34H58P4. The molecule has 38 heavy (non-hydrogen) atoms. The molecule has 0 aromatic carbocycles. The van der Waals surface area contributed by atoms with Crippen molar-refractivity contribution in [1.82, 2.24) is 0 Å². The first-order valence-electron chi connectivity index (χ1n) is 14.8. The minimum Gasteiger partial charge on any atom is -0.0614 e. The highest BCUT2D eigenvalue weighted by Crippen LogP contribution is 3.17. The van der Waals surface area contributed by atoms with Crippen LogP contribution in [0.5, 0.6) is 0 Å². The van der Waals surface area contributed by atoms with Gasteiger partial charge in [-0.3, -0.25) is 0 Å². The van der Waals surface area contributed by atoms with Crippen LogP contribution in [0.1, 0.15) is 125 Å². The molecule has 0 fully saturated rings. The second kappa shape index (κ2) is 8.38. The Morgan fingerprint density at radius 3 is 0.868 bits per heavy atom. The number of allylic oxidation sites excluding steroid dienone is 8. The van der Waals surface area contributed by atoms with Crippen molar-refractivity contribution in [3.8, 4) is 0 Å². The highest BCUT2D eigenvalue weighted by Gasteiger charge is 2.64. The third kappa shape index (κ3) is 4.46. The fraction of sp³-hybridized carbons (Fsp3) is 0.765. The molecule has 214 valence electrons. The minimum absolute atomic E-state index is 0.0603. The molecule has 0 radical (unpaired) electrons. The molecule has 0 saturated heterocycles. The highest BCUT2D eigenvalue weighted by atomic mass is 33.1. The van der Waals surface area contributed by atoms with E-state index in [-0.39, 0.29) is 69.3 Å². The zero-order chi connectivity index (χ0) is 29.4. The van der Waals surface area contributed by atoms with Crippen LogP contribution in [0.3, 0.4) is 0 Å². The van der Waals surface area contributed by atoms with Gasteiger partial charge in [-0.15, -0.1) is 0 Å². The lowest BCUT2D eigenvalue weighted by atomic mass is 9.69. The predicted molar refractivity (Wildman–Crippen MR) is 182 cm³/mol. The van der Waals surface area contributed by atoms with Crippen molar-refractivity contribution in [2.24, 2.45) is 32.5 Å². The van der Waals surface area contributed by atoms with Crippen molar-refractivity contribution in [3.63, 3.8) is 0 Å². The van der Waals surface area contributed by atoms with Crippen LogP contribution in [0, 0.1) is 32.5 Å². The van der Waals surface area contributed by atoms with Gasteiger partial charge in [0.25, 0.3) is 0 Å². The molecule has 4 heteroatoms. The monoisotopic (exact) mass is 590 g/mol. The molecular weight excluding hydrogens is 532 g/mol. The average molecular weight is 591 g/mol. The first kappa shape index (κ1) is 31.1. The van der Waals surface area contributed by atoms with E-state index in [1.165, 1.54) is 0 Å². The van der Waals surface area contributed by atoms with Gasteiger partial charge in [0.2, 0.25) is 0 Å². The SMILES string of the molecule is CC(C)(C)C1=CC(p2p3p(C4(C(C)(C)C)C=C(C(C)(C)C)C=C4C(C)(C)C)p23)(C(C)(C)C)C(C(C)(C)C)=C1.